The minimum atomic E-state index is -0.500. The first-order chi connectivity index (χ1) is 7.63. The predicted octanol–water partition coefficient (Wildman–Crippen LogP) is 1.46. The van der Waals surface area contributed by atoms with Crippen LogP contribution in [0.4, 0.5) is 5.69 Å². The van der Waals surface area contributed by atoms with Gasteiger partial charge in [0.2, 0.25) is 0 Å². The summed E-state index contributed by atoms with van der Waals surface area (Å²) in [4.78, 5) is 11.6. The summed E-state index contributed by atoms with van der Waals surface area (Å²) in [6.07, 6.45) is 0. The van der Waals surface area contributed by atoms with Gasteiger partial charge in [-0.05, 0) is 6.92 Å². The summed E-state index contributed by atoms with van der Waals surface area (Å²) in [5.41, 5.74) is 6.24. The van der Waals surface area contributed by atoms with Gasteiger partial charge < -0.3 is 19.9 Å². The van der Waals surface area contributed by atoms with Crippen molar-refractivity contribution in [3.8, 4) is 11.5 Å². The lowest BCUT2D eigenvalue weighted by molar-refractivity contribution is 0.0524. The quantitative estimate of drug-likeness (QED) is 0.620. The smallest absolute Gasteiger partial charge is 0.344 e. The van der Waals surface area contributed by atoms with E-state index in [1.54, 1.807) is 19.1 Å². The number of hydrogen-bond donors (Lipinski definition) is 1. The summed E-state index contributed by atoms with van der Waals surface area (Å²) < 4.78 is 15.0. The van der Waals surface area contributed by atoms with Crippen LogP contribution in [0, 0.1) is 0 Å². The van der Waals surface area contributed by atoms with Crippen LogP contribution in [0.3, 0.4) is 0 Å². The summed E-state index contributed by atoms with van der Waals surface area (Å²) in [5.74, 6) is 0.372. The normalized spacial score (nSPS) is 9.69. The Hall–Kier alpha value is -1.91. The van der Waals surface area contributed by atoms with Gasteiger partial charge in [-0.15, -0.1) is 0 Å². The number of methoxy groups -OCH3 is 2. The van der Waals surface area contributed by atoms with Crippen LogP contribution in [0.5, 0.6) is 11.5 Å². The third-order valence-electron chi connectivity index (χ3n) is 2.04. The highest BCUT2D eigenvalue weighted by atomic mass is 16.5. The van der Waals surface area contributed by atoms with Crippen LogP contribution in [-0.2, 0) is 4.74 Å². The SMILES string of the molecule is CCOC(=O)c1c(N)cc(OC)cc1OC. The maximum atomic E-state index is 11.6. The number of carbonyl (C=O) groups excluding carboxylic acids is 1. The van der Waals surface area contributed by atoms with Crippen molar-refractivity contribution in [1.82, 2.24) is 0 Å². The molecule has 0 atom stereocenters. The zero-order chi connectivity index (χ0) is 12.1. The third kappa shape index (κ3) is 2.36. The second kappa shape index (κ2) is 5.25. The molecule has 0 heterocycles. The van der Waals surface area contributed by atoms with Crippen LogP contribution in [-0.4, -0.2) is 26.8 Å². The number of nitrogens with two attached hydrogens (primary N) is 1. The summed E-state index contributed by atoms with van der Waals surface area (Å²) in [6.45, 7) is 2.01. The molecule has 0 aliphatic carbocycles. The average molecular weight is 225 g/mol. The maximum absolute atomic E-state index is 11.6. The van der Waals surface area contributed by atoms with Gasteiger partial charge in [-0.1, -0.05) is 0 Å². The first kappa shape index (κ1) is 12.2. The Labute approximate surface area is 94.1 Å². The van der Waals surface area contributed by atoms with Gasteiger partial charge >= 0.3 is 5.97 Å². The fourth-order valence-electron chi connectivity index (χ4n) is 1.31. The van der Waals surface area contributed by atoms with Crippen molar-refractivity contribution < 1.29 is 19.0 Å². The maximum Gasteiger partial charge on any atom is 0.344 e. The summed E-state index contributed by atoms with van der Waals surface area (Å²) in [6, 6.07) is 3.14. The second-order valence-electron chi connectivity index (χ2n) is 3.01. The molecule has 0 spiro atoms. The number of benzene rings is 1. The van der Waals surface area contributed by atoms with Gasteiger partial charge in [0.15, 0.2) is 0 Å². The van der Waals surface area contributed by atoms with Gasteiger partial charge in [0, 0.05) is 12.1 Å². The fourth-order valence-corrected chi connectivity index (χ4v) is 1.31. The van der Waals surface area contributed by atoms with E-state index in [-0.39, 0.29) is 17.9 Å². The molecule has 0 radical (unpaired) electrons. The monoisotopic (exact) mass is 225 g/mol. The molecule has 2 N–H and O–H groups in total. The Morgan fingerprint density at radius 3 is 2.50 bits per heavy atom. The number of nitrogen functional groups attached to an aromatic ring is 1. The van der Waals surface area contributed by atoms with E-state index in [1.807, 2.05) is 0 Å². The fraction of sp³-hybridized carbons (Fsp3) is 0.364. The van der Waals surface area contributed by atoms with Gasteiger partial charge in [-0.2, -0.15) is 0 Å². The molecule has 5 heteroatoms. The van der Waals surface area contributed by atoms with Crippen LogP contribution in [0.25, 0.3) is 0 Å². The zero-order valence-electron chi connectivity index (χ0n) is 9.57. The number of hydrogen-bond acceptors (Lipinski definition) is 5. The van der Waals surface area contributed by atoms with Crippen molar-refractivity contribution in [3.05, 3.63) is 17.7 Å². The molecule has 1 aromatic rings. The van der Waals surface area contributed by atoms with Crippen molar-refractivity contribution >= 4 is 11.7 Å². The first-order valence-corrected chi connectivity index (χ1v) is 4.82. The van der Waals surface area contributed by atoms with Crippen molar-refractivity contribution in [2.24, 2.45) is 0 Å². The number of rotatable bonds is 4. The Morgan fingerprint density at radius 2 is 2.00 bits per heavy atom. The van der Waals surface area contributed by atoms with Crippen molar-refractivity contribution in [2.75, 3.05) is 26.6 Å². The largest absolute Gasteiger partial charge is 0.497 e. The molecule has 16 heavy (non-hydrogen) atoms. The van der Waals surface area contributed by atoms with Crippen molar-refractivity contribution in [2.45, 2.75) is 6.92 Å². The number of ether oxygens (including phenoxy) is 3. The lowest BCUT2D eigenvalue weighted by Crippen LogP contribution is -2.10. The Morgan fingerprint density at radius 1 is 1.31 bits per heavy atom. The molecule has 0 aromatic heterocycles. The molecule has 1 rings (SSSR count). The van der Waals surface area contributed by atoms with Crippen molar-refractivity contribution in [3.63, 3.8) is 0 Å². The molecule has 0 fully saturated rings. The Bertz CT molecular complexity index is 390. The van der Waals surface area contributed by atoms with Gasteiger partial charge in [0.05, 0.1) is 26.5 Å². The van der Waals surface area contributed by atoms with Crippen LogP contribution in [0.1, 0.15) is 17.3 Å². The Balaban J connectivity index is 3.21. The van der Waals surface area contributed by atoms with E-state index in [4.69, 9.17) is 19.9 Å². The molecule has 0 aliphatic rings. The molecule has 0 saturated heterocycles. The standard InChI is InChI=1S/C11H15NO4/c1-4-16-11(13)10-8(12)5-7(14-2)6-9(10)15-3/h5-6H,4,12H2,1-3H3. The highest BCUT2D eigenvalue weighted by molar-refractivity contribution is 5.98. The molecule has 0 saturated carbocycles. The van der Waals surface area contributed by atoms with E-state index in [2.05, 4.69) is 0 Å². The third-order valence-corrected chi connectivity index (χ3v) is 2.04. The van der Waals surface area contributed by atoms with Crippen LogP contribution in [0.2, 0.25) is 0 Å². The molecule has 0 amide bonds. The number of esters is 1. The van der Waals surface area contributed by atoms with E-state index < -0.39 is 5.97 Å². The van der Waals surface area contributed by atoms with Crippen LogP contribution < -0.4 is 15.2 Å². The minimum Gasteiger partial charge on any atom is -0.497 e. The van der Waals surface area contributed by atoms with E-state index in [0.29, 0.717) is 11.5 Å². The van der Waals surface area contributed by atoms with Gasteiger partial charge in [-0.25, -0.2) is 4.79 Å². The van der Waals surface area contributed by atoms with Crippen LogP contribution >= 0.6 is 0 Å². The van der Waals surface area contributed by atoms with E-state index in [1.165, 1.54) is 14.2 Å². The van der Waals surface area contributed by atoms with Gasteiger partial charge in [0.1, 0.15) is 17.1 Å². The summed E-state index contributed by atoms with van der Waals surface area (Å²) in [5, 5.41) is 0. The minimum absolute atomic E-state index is 0.227. The Kier molecular flexibility index (Phi) is 3.99. The average Bonchev–Trinajstić information content (AvgIpc) is 2.27. The van der Waals surface area contributed by atoms with Crippen LogP contribution in [0.15, 0.2) is 12.1 Å². The zero-order valence-corrected chi connectivity index (χ0v) is 9.57. The molecule has 0 unspecified atom stereocenters. The van der Waals surface area contributed by atoms with E-state index in [9.17, 15) is 4.79 Å². The summed E-state index contributed by atoms with van der Waals surface area (Å²) in [7, 11) is 2.97. The number of carbonyl (C=O) groups is 1. The van der Waals surface area contributed by atoms with E-state index in [0.717, 1.165) is 0 Å². The van der Waals surface area contributed by atoms with Gasteiger partial charge in [-0.3, -0.25) is 0 Å². The molecule has 0 aliphatic heterocycles. The highest BCUT2D eigenvalue weighted by Gasteiger charge is 2.18. The molecular formula is C11H15NO4. The van der Waals surface area contributed by atoms with Gasteiger partial charge in [0.25, 0.3) is 0 Å². The highest BCUT2D eigenvalue weighted by Crippen LogP contribution is 2.31. The first-order valence-electron chi connectivity index (χ1n) is 4.82. The molecule has 5 nitrogen and oxygen atoms in total. The lowest BCUT2D eigenvalue weighted by Gasteiger charge is -2.12. The molecular weight excluding hydrogens is 210 g/mol. The summed E-state index contributed by atoms with van der Waals surface area (Å²) >= 11 is 0. The van der Waals surface area contributed by atoms with Crippen molar-refractivity contribution in [1.29, 1.82) is 0 Å². The van der Waals surface area contributed by atoms with E-state index >= 15 is 0 Å². The lowest BCUT2D eigenvalue weighted by atomic mass is 10.1. The topological polar surface area (TPSA) is 70.8 Å². The molecule has 88 valence electrons. The number of anilines is 1. The molecule has 0 bridgehead atoms. The second-order valence-corrected chi connectivity index (χ2v) is 3.01. The molecule has 1 aromatic carbocycles. The predicted molar refractivity (Wildman–Crippen MR) is 59.9 cm³/mol.